The first kappa shape index (κ1) is 17.7. The van der Waals surface area contributed by atoms with Crippen LogP contribution in [-0.4, -0.2) is 24.0 Å². The second-order valence-corrected chi connectivity index (χ2v) is 6.77. The smallest absolute Gasteiger partial charge is 0.308 e. The molecule has 2 aromatic carbocycles. The number of esters is 1. The first-order chi connectivity index (χ1) is 12.2. The molecular formula is C22H27NO2. The molecule has 1 saturated heterocycles. The Hall–Kier alpha value is -2.13. The Kier molecular flexibility index (Phi) is 6.24. The van der Waals surface area contributed by atoms with Gasteiger partial charge in [0.25, 0.3) is 0 Å². The van der Waals surface area contributed by atoms with Gasteiger partial charge in [-0.2, -0.15) is 0 Å². The number of ether oxygens (including phenoxy) is 1. The van der Waals surface area contributed by atoms with Crippen molar-refractivity contribution in [3.05, 3.63) is 71.8 Å². The molecule has 2 atom stereocenters. The highest BCUT2D eigenvalue weighted by Gasteiger charge is 2.26. The standard InChI is InChI=1S/C22H27NO2/c1-18(19-11-5-2-6-12-19)25-22(24)17-21(20-13-7-3-8-14-20)23-15-9-4-10-16-23/h2-3,5-8,11-14,18,21H,4,9-10,15-17H2,1H3/t18-,21+/m0/s1. The number of hydrogen-bond acceptors (Lipinski definition) is 3. The monoisotopic (exact) mass is 337 g/mol. The molecule has 0 spiro atoms. The summed E-state index contributed by atoms with van der Waals surface area (Å²) >= 11 is 0. The minimum absolute atomic E-state index is 0.108. The van der Waals surface area contributed by atoms with Crippen LogP contribution in [0, 0.1) is 0 Å². The van der Waals surface area contributed by atoms with Crippen molar-refractivity contribution >= 4 is 5.97 Å². The number of hydrogen-bond donors (Lipinski definition) is 0. The molecule has 2 aromatic rings. The van der Waals surface area contributed by atoms with E-state index >= 15 is 0 Å². The number of likely N-dealkylation sites (tertiary alicyclic amines) is 1. The van der Waals surface area contributed by atoms with Gasteiger partial charge in [-0.15, -0.1) is 0 Å². The van der Waals surface area contributed by atoms with E-state index in [-0.39, 0.29) is 18.1 Å². The van der Waals surface area contributed by atoms with Crippen LogP contribution in [0.2, 0.25) is 0 Å². The topological polar surface area (TPSA) is 29.5 Å². The van der Waals surface area contributed by atoms with Gasteiger partial charge in [-0.1, -0.05) is 67.1 Å². The molecule has 0 saturated carbocycles. The predicted octanol–water partition coefficient (Wildman–Crippen LogP) is 4.91. The van der Waals surface area contributed by atoms with Gasteiger partial charge in [-0.3, -0.25) is 9.69 Å². The van der Waals surface area contributed by atoms with E-state index in [4.69, 9.17) is 4.74 Å². The number of benzene rings is 2. The molecule has 0 bridgehead atoms. The van der Waals surface area contributed by atoms with E-state index in [0.717, 1.165) is 18.7 Å². The van der Waals surface area contributed by atoms with Crippen LogP contribution >= 0.6 is 0 Å². The fraction of sp³-hybridized carbons (Fsp3) is 0.409. The number of rotatable bonds is 6. The Labute approximate surface area is 150 Å². The van der Waals surface area contributed by atoms with Crippen molar-refractivity contribution in [1.29, 1.82) is 0 Å². The van der Waals surface area contributed by atoms with Crippen molar-refractivity contribution in [2.24, 2.45) is 0 Å². The molecule has 3 nitrogen and oxygen atoms in total. The lowest BCUT2D eigenvalue weighted by Gasteiger charge is -2.34. The predicted molar refractivity (Wildman–Crippen MR) is 100 cm³/mol. The van der Waals surface area contributed by atoms with Gasteiger partial charge in [0.2, 0.25) is 0 Å². The molecule has 0 aromatic heterocycles. The first-order valence-corrected chi connectivity index (χ1v) is 9.27. The van der Waals surface area contributed by atoms with E-state index in [1.54, 1.807) is 0 Å². The highest BCUT2D eigenvalue weighted by atomic mass is 16.5. The lowest BCUT2D eigenvalue weighted by molar-refractivity contribution is -0.150. The third kappa shape index (κ3) is 4.93. The van der Waals surface area contributed by atoms with Gasteiger partial charge < -0.3 is 4.74 Å². The minimum atomic E-state index is -0.216. The van der Waals surface area contributed by atoms with E-state index in [1.165, 1.54) is 24.8 Å². The summed E-state index contributed by atoms with van der Waals surface area (Å²) in [5.74, 6) is -0.129. The molecule has 1 fully saturated rings. The van der Waals surface area contributed by atoms with Gasteiger partial charge in [0.1, 0.15) is 6.10 Å². The van der Waals surface area contributed by atoms with Gasteiger partial charge in [0.15, 0.2) is 0 Å². The summed E-state index contributed by atoms with van der Waals surface area (Å²) in [6.07, 6.45) is 3.89. The molecule has 1 heterocycles. The summed E-state index contributed by atoms with van der Waals surface area (Å²) in [7, 11) is 0. The Balaban J connectivity index is 1.68. The van der Waals surface area contributed by atoms with E-state index < -0.39 is 0 Å². The van der Waals surface area contributed by atoms with E-state index in [9.17, 15) is 4.79 Å². The van der Waals surface area contributed by atoms with Crippen LogP contribution in [0.4, 0.5) is 0 Å². The number of carbonyl (C=O) groups excluding carboxylic acids is 1. The van der Waals surface area contributed by atoms with Crippen molar-refractivity contribution in [2.75, 3.05) is 13.1 Å². The second kappa shape index (κ2) is 8.82. The Morgan fingerprint density at radius 3 is 2.08 bits per heavy atom. The molecule has 3 rings (SSSR count). The molecule has 0 N–H and O–H groups in total. The van der Waals surface area contributed by atoms with Gasteiger partial charge >= 0.3 is 5.97 Å². The van der Waals surface area contributed by atoms with Gasteiger partial charge in [0, 0.05) is 6.04 Å². The van der Waals surface area contributed by atoms with Crippen LogP contribution in [0.1, 0.15) is 55.9 Å². The summed E-state index contributed by atoms with van der Waals surface area (Å²) in [5, 5.41) is 0. The largest absolute Gasteiger partial charge is 0.458 e. The zero-order valence-corrected chi connectivity index (χ0v) is 14.9. The molecule has 3 heteroatoms. The van der Waals surface area contributed by atoms with Crippen LogP contribution in [0.3, 0.4) is 0 Å². The molecule has 0 amide bonds. The van der Waals surface area contributed by atoms with Crippen molar-refractivity contribution in [3.63, 3.8) is 0 Å². The fourth-order valence-electron chi connectivity index (χ4n) is 3.56. The average Bonchev–Trinajstić information content (AvgIpc) is 2.68. The summed E-state index contributed by atoms with van der Waals surface area (Å²) in [6.45, 7) is 4.05. The molecule has 0 aliphatic carbocycles. The summed E-state index contributed by atoms with van der Waals surface area (Å²) in [4.78, 5) is 15.0. The van der Waals surface area contributed by atoms with Crippen LogP contribution in [0.25, 0.3) is 0 Å². The van der Waals surface area contributed by atoms with Crippen LogP contribution in [0.5, 0.6) is 0 Å². The van der Waals surface area contributed by atoms with Gasteiger partial charge in [-0.05, 0) is 44.0 Å². The van der Waals surface area contributed by atoms with Crippen LogP contribution < -0.4 is 0 Å². The maximum absolute atomic E-state index is 12.6. The van der Waals surface area contributed by atoms with Crippen molar-refractivity contribution in [1.82, 2.24) is 4.90 Å². The molecule has 1 aliphatic heterocycles. The minimum Gasteiger partial charge on any atom is -0.458 e. The molecule has 1 aliphatic rings. The Bertz CT molecular complexity index is 650. The maximum Gasteiger partial charge on any atom is 0.308 e. The number of carbonyl (C=O) groups is 1. The number of nitrogens with zero attached hydrogens (tertiary/aromatic N) is 1. The van der Waals surface area contributed by atoms with Crippen LogP contribution in [-0.2, 0) is 9.53 Å². The second-order valence-electron chi connectivity index (χ2n) is 6.77. The molecular weight excluding hydrogens is 310 g/mol. The fourth-order valence-corrected chi connectivity index (χ4v) is 3.56. The average molecular weight is 337 g/mol. The third-order valence-corrected chi connectivity index (χ3v) is 4.95. The summed E-state index contributed by atoms with van der Waals surface area (Å²) in [6, 6.07) is 20.4. The molecule has 132 valence electrons. The zero-order valence-electron chi connectivity index (χ0n) is 14.9. The normalized spacial score (nSPS) is 17.6. The third-order valence-electron chi connectivity index (χ3n) is 4.95. The summed E-state index contributed by atoms with van der Waals surface area (Å²) in [5.41, 5.74) is 2.23. The summed E-state index contributed by atoms with van der Waals surface area (Å²) < 4.78 is 5.71. The van der Waals surface area contributed by atoms with Crippen molar-refractivity contribution < 1.29 is 9.53 Å². The van der Waals surface area contributed by atoms with Gasteiger partial charge in [-0.25, -0.2) is 0 Å². The highest BCUT2D eigenvalue weighted by Crippen LogP contribution is 2.29. The van der Waals surface area contributed by atoms with Crippen molar-refractivity contribution in [3.8, 4) is 0 Å². The molecule has 0 radical (unpaired) electrons. The van der Waals surface area contributed by atoms with Crippen LogP contribution in [0.15, 0.2) is 60.7 Å². The Morgan fingerprint density at radius 1 is 0.920 bits per heavy atom. The number of piperidine rings is 1. The SMILES string of the molecule is C[C@H](OC(=O)C[C@H](c1ccccc1)N1CCCCC1)c1ccccc1. The molecule has 25 heavy (non-hydrogen) atoms. The van der Waals surface area contributed by atoms with E-state index in [1.807, 2.05) is 55.5 Å². The lowest BCUT2D eigenvalue weighted by atomic mass is 9.99. The quantitative estimate of drug-likeness (QED) is 0.702. The first-order valence-electron chi connectivity index (χ1n) is 9.27. The van der Waals surface area contributed by atoms with E-state index in [2.05, 4.69) is 17.0 Å². The van der Waals surface area contributed by atoms with Gasteiger partial charge in [0.05, 0.1) is 6.42 Å². The Morgan fingerprint density at radius 2 is 1.48 bits per heavy atom. The molecule has 0 unspecified atom stereocenters. The van der Waals surface area contributed by atoms with E-state index in [0.29, 0.717) is 6.42 Å². The lowest BCUT2D eigenvalue weighted by Crippen LogP contribution is -2.35. The van der Waals surface area contributed by atoms with Crippen molar-refractivity contribution in [2.45, 2.75) is 44.8 Å². The zero-order chi connectivity index (χ0) is 17.5. The maximum atomic E-state index is 12.6. The highest BCUT2D eigenvalue weighted by molar-refractivity contribution is 5.70.